The van der Waals surface area contributed by atoms with E-state index in [-0.39, 0.29) is 6.03 Å². The summed E-state index contributed by atoms with van der Waals surface area (Å²) in [4.78, 5) is 11.9. The van der Waals surface area contributed by atoms with Crippen molar-refractivity contribution in [2.75, 3.05) is 23.1 Å². The highest BCUT2D eigenvalue weighted by atomic mass is 16.5. The lowest BCUT2D eigenvalue weighted by Crippen LogP contribution is -2.20. The molecule has 1 aromatic heterocycles. The Hall–Kier alpha value is -3.61. The second kappa shape index (κ2) is 7.78. The predicted octanol–water partition coefficient (Wildman–Crippen LogP) is 3.87. The van der Waals surface area contributed by atoms with Gasteiger partial charge in [-0.05, 0) is 48.5 Å². The van der Waals surface area contributed by atoms with Gasteiger partial charge in [0.2, 0.25) is 0 Å². The number of nitrogens with one attached hydrogen (secondary N) is 3. The molecule has 0 radical (unpaired) electrons. The van der Waals surface area contributed by atoms with E-state index >= 15 is 0 Å². The molecule has 0 saturated carbocycles. The van der Waals surface area contributed by atoms with Crippen molar-refractivity contribution in [2.24, 2.45) is 0 Å². The highest BCUT2D eigenvalue weighted by Crippen LogP contribution is 2.18. The Morgan fingerprint density at radius 2 is 1.48 bits per heavy atom. The van der Waals surface area contributed by atoms with Gasteiger partial charge in [0.25, 0.3) is 0 Å². The van der Waals surface area contributed by atoms with Crippen molar-refractivity contribution in [1.29, 1.82) is 0 Å². The van der Waals surface area contributed by atoms with Crippen LogP contribution in [0.2, 0.25) is 0 Å². The van der Waals surface area contributed by atoms with Crippen molar-refractivity contribution in [3.63, 3.8) is 0 Å². The standard InChI is InChI=1S/C18H17N5O2/c1-25-15-9-7-14(8-10-15)19-16-11-12-17(23-22-16)21-18(24)20-13-5-3-2-4-6-13/h2-12H,1H3,(H,19,22)(H2,20,21,23,24). The Balaban J connectivity index is 1.57. The minimum atomic E-state index is -0.378. The third-order valence-corrected chi connectivity index (χ3v) is 3.30. The van der Waals surface area contributed by atoms with Crippen LogP contribution in [0, 0.1) is 0 Å². The number of benzene rings is 2. The van der Waals surface area contributed by atoms with Gasteiger partial charge in [-0.15, -0.1) is 10.2 Å². The Morgan fingerprint density at radius 1 is 0.800 bits per heavy atom. The summed E-state index contributed by atoms with van der Waals surface area (Å²) >= 11 is 0. The molecule has 0 spiro atoms. The molecule has 0 aliphatic carbocycles. The quantitative estimate of drug-likeness (QED) is 0.659. The summed E-state index contributed by atoms with van der Waals surface area (Å²) in [6.45, 7) is 0. The third kappa shape index (κ3) is 4.68. The highest BCUT2D eigenvalue weighted by Gasteiger charge is 2.04. The third-order valence-electron chi connectivity index (χ3n) is 3.30. The van der Waals surface area contributed by atoms with Crippen LogP contribution in [-0.4, -0.2) is 23.3 Å². The van der Waals surface area contributed by atoms with Gasteiger partial charge in [-0.2, -0.15) is 0 Å². The fraction of sp³-hybridized carbons (Fsp3) is 0.0556. The van der Waals surface area contributed by atoms with Crippen LogP contribution in [-0.2, 0) is 0 Å². The minimum Gasteiger partial charge on any atom is -0.497 e. The highest BCUT2D eigenvalue weighted by molar-refractivity contribution is 5.99. The van der Waals surface area contributed by atoms with E-state index in [1.807, 2.05) is 42.5 Å². The van der Waals surface area contributed by atoms with Gasteiger partial charge in [-0.1, -0.05) is 18.2 Å². The molecule has 0 aliphatic heterocycles. The number of carbonyl (C=O) groups excluding carboxylic acids is 1. The van der Waals surface area contributed by atoms with Gasteiger partial charge in [0.1, 0.15) is 5.75 Å². The smallest absolute Gasteiger partial charge is 0.324 e. The molecule has 0 unspecified atom stereocenters. The number of para-hydroxylation sites is 1. The molecule has 0 aliphatic rings. The van der Waals surface area contributed by atoms with Gasteiger partial charge in [-0.25, -0.2) is 4.79 Å². The Morgan fingerprint density at radius 3 is 2.12 bits per heavy atom. The molecule has 0 fully saturated rings. The van der Waals surface area contributed by atoms with Gasteiger partial charge >= 0.3 is 6.03 Å². The summed E-state index contributed by atoms with van der Waals surface area (Å²) in [6, 6.07) is 19.6. The zero-order valence-electron chi connectivity index (χ0n) is 13.6. The molecule has 7 heteroatoms. The van der Waals surface area contributed by atoms with Gasteiger partial charge in [0.15, 0.2) is 11.6 Å². The van der Waals surface area contributed by atoms with E-state index in [9.17, 15) is 4.79 Å². The minimum absolute atomic E-state index is 0.355. The number of hydrogen-bond acceptors (Lipinski definition) is 5. The van der Waals surface area contributed by atoms with Crippen LogP contribution >= 0.6 is 0 Å². The number of ether oxygens (including phenoxy) is 1. The first-order valence-corrected chi connectivity index (χ1v) is 7.61. The van der Waals surface area contributed by atoms with Crippen molar-refractivity contribution in [1.82, 2.24) is 10.2 Å². The number of urea groups is 1. The van der Waals surface area contributed by atoms with Gasteiger partial charge in [0.05, 0.1) is 7.11 Å². The lowest BCUT2D eigenvalue weighted by Gasteiger charge is -2.08. The first-order chi connectivity index (χ1) is 12.2. The van der Waals surface area contributed by atoms with E-state index in [1.165, 1.54) is 0 Å². The number of hydrogen-bond donors (Lipinski definition) is 3. The van der Waals surface area contributed by atoms with Crippen molar-refractivity contribution in [2.45, 2.75) is 0 Å². The van der Waals surface area contributed by atoms with Crippen LogP contribution in [0.25, 0.3) is 0 Å². The van der Waals surface area contributed by atoms with E-state index in [0.717, 1.165) is 11.4 Å². The molecule has 7 nitrogen and oxygen atoms in total. The maximum atomic E-state index is 11.9. The van der Waals surface area contributed by atoms with E-state index in [4.69, 9.17) is 4.74 Å². The number of anilines is 4. The van der Waals surface area contributed by atoms with Gasteiger partial charge < -0.3 is 15.4 Å². The van der Waals surface area contributed by atoms with E-state index in [2.05, 4.69) is 26.1 Å². The van der Waals surface area contributed by atoms with Crippen LogP contribution in [0.4, 0.5) is 27.8 Å². The summed E-state index contributed by atoms with van der Waals surface area (Å²) in [5, 5.41) is 16.5. The van der Waals surface area contributed by atoms with Crippen LogP contribution in [0.15, 0.2) is 66.7 Å². The fourth-order valence-electron chi connectivity index (χ4n) is 2.09. The summed E-state index contributed by atoms with van der Waals surface area (Å²) in [6.07, 6.45) is 0. The number of carbonyl (C=O) groups is 1. The number of rotatable bonds is 5. The summed E-state index contributed by atoms with van der Waals surface area (Å²) in [7, 11) is 1.62. The second-order valence-corrected chi connectivity index (χ2v) is 5.10. The molecule has 2 amide bonds. The van der Waals surface area contributed by atoms with E-state index in [0.29, 0.717) is 17.3 Å². The zero-order chi connectivity index (χ0) is 17.5. The molecular formula is C18H17N5O2. The molecule has 3 N–H and O–H groups in total. The number of amides is 2. The Bertz CT molecular complexity index is 820. The maximum Gasteiger partial charge on any atom is 0.324 e. The largest absolute Gasteiger partial charge is 0.497 e. The summed E-state index contributed by atoms with van der Waals surface area (Å²) in [5.41, 5.74) is 1.56. The average molecular weight is 335 g/mol. The molecule has 3 rings (SSSR count). The first kappa shape index (κ1) is 16.3. The van der Waals surface area contributed by atoms with Crippen LogP contribution in [0.1, 0.15) is 0 Å². The van der Waals surface area contributed by atoms with Crippen LogP contribution < -0.4 is 20.7 Å². The summed E-state index contributed by atoms with van der Waals surface area (Å²) < 4.78 is 5.11. The fourth-order valence-corrected chi connectivity index (χ4v) is 2.09. The molecule has 3 aromatic rings. The maximum absolute atomic E-state index is 11.9. The Labute approximate surface area is 145 Å². The Kier molecular flexibility index (Phi) is 5.06. The molecule has 25 heavy (non-hydrogen) atoms. The van der Waals surface area contributed by atoms with Gasteiger partial charge in [-0.3, -0.25) is 5.32 Å². The van der Waals surface area contributed by atoms with Crippen molar-refractivity contribution >= 4 is 29.0 Å². The predicted molar refractivity (Wildman–Crippen MR) is 97.4 cm³/mol. The molecule has 0 saturated heterocycles. The SMILES string of the molecule is COc1ccc(Nc2ccc(NC(=O)Nc3ccccc3)nn2)cc1. The zero-order valence-corrected chi connectivity index (χ0v) is 13.6. The number of aromatic nitrogens is 2. The van der Waals surface area contributed by atoms with Crippen LogP contribution in [0.5, 0.6) is 5.75 Å². The first-order valence-electron chi connectivity index (χ1n) is 7.61. The second-order valence-electron chi connectivity index (χ2n) is 5.10. The number of nitrogens with zero attached hydrogens (tertiary/aromatic N) is 2. The van der Waals surface area contributed by atoms with Crippen LogP contribution in [0.3, 0.4) is 0 Å². The molecular weight excluding hydrogens is 318 g/mol. The molecule has 2 aromatic carbocycles. The van der Waals surface area contributed by atoms with E-state index in [1.54, 1.807) is 31.4 Å². The lowest BCUT2D eigenvalue weighted by atomic mass is 10.3. The molecule has 126 valence electrons. The number of methoxy groups -OCH3 is 1. The van der Waals surface area contributed by atoms with Crippen molar-refractivity contribution in [3.05, 3.63) is 66.7 Å². The van der Waals surface area contributed by atoms with Gasteiger partial charge in [0, 0.05) is 11.4 Å². The van der Waals surface area contributed by atoms with Crippen molar-refractivity contribution < 1.29 is 9.53 Å². The molecule has 0 atom stereocenters. The van der Waals surface area contributed by atoms with Crippen molar-refractivity contribution in [3.8, 4) is 5.75 Å². The topological polar surface area (TPSA) is 88.2 Å². The monoisotopic (exact) mass is 335 g/mol. The normalized spacial score (nSPS) is 9.96. The molecule has 0 bridgehead atoms. The average Bonchev–Trinajstić information content (AvgIpc) is 2.65. The summed E-state index contributed by atoms with van der Waals surface area (Å²) in [5.74, 6) is 1.70. The lowest BCUT2D eigenvalue weighted by molar-refractivity contribution is 0.262. The molecule has 1 heterocycles. The van der Waals surface area contributed by atoms with E-state index < -0.39 is 0 Å².